The fraction of sp³-hybridized carbons (Fsp3) is 0.538. The molecule has 2 heterocycles. The Bertz CT molecular complexity index is 405. The van der Waals surface area contributed by atoms with Crippen molar-refractivity contribution in [3.05, 3.63) is 23.9 Å². The smallest absolute Gasteiger partial charge is 0.228 e. The van der Waals surface area contributed by atoms with Crippen LogP contribution in [0.25, 0.3) is 0 Å². The Balaban J connectivity index is 1.96. The average molecular weight is 233 g/mol. The first-order chi connectivity index (χ1) is 8.15. The first kappa shape index (κ1) is 12.0. The number of anilines is 1. The number of piperidine rings is 1. The van der Waals surface area contributed by atoms with E-state index in [1.165, 1.54) is 0 Å². The van der Waals surface area contributed by atoms with Crippen LogP contribution in [0.1, 0.15) is 25.5 Å². The summed E-state index contributed by atoms with van der Waals surface area (Å²) < 4.78 is 0. The second kappa shape index (κ2) is 5.27. The van der Waals surface area contributed by atoms with Gasteiger partial charge in [0, 0.05) is 17.7 Å². The third-order valence-corrected chi connectivity index (χ3v) is 3.13. The van der Waals surface area contributed by atoms with Crippen molar-refractivity contribution in [2.75, 3.05) is 11.9 Å². The molecule has 1 aliphatic rings. The molecular weight excluding hydrogens is 214 g/mol. The summed E-state index contributed by atoms with van der Waals surface area (Å²) in [5, 5.41) is 6.24. The lowest BCUT2D eigenvalue weighted by atomic mass is 9.92. The van der Waals surface area contributed by atoms with Crippen molar-refractivity contribution in [1.82, 2.24) is 10.3 Å². The van der Waals surface area contributed by atoms with E-state index in [4.69, 9.17) is 0 Å². The van der Waals surface area contributed by atoms with Crippen LogP contribution in [0.2, 0.25) is 0 Å². The van der Waals surface area contributed by atoms with Crippen LogP contribution in [0.15, 0.2) is 18.2 Å². The Hall–Kier alpha value is -1.42. The maximum Gasteiger partial charge on any atom is 0.228 e. The van der Waals surface area contributed by atoms with E-state index in [9.17, 15) is 4.79 Å². The van der Waals surface area contributed by atoms with Crippen LogP contribution in [-0.2, 0) is 4.79 Å². The SMILES string of the molecule is Cc1cccc(NC(=O)C2CCNC(C)C2)n1. The van der Waals surface area contributed by atoms with Crippen molar-refractivity contribution < 1.29 is 4.79 Å². The molecule has 2 atom stereocenters. The standard InChI is InChI=1S/C13H19N3O/c1-9-4-3-5-12(15-9)16-13(17)11-6-7-14-10(2)8-11/h3-5,10-11,14H,6-8H2,1-2H3,(H,15,16,17). The van der Waals surface area contributed by atoms with Gasteiger partial charge in [0.25, 0.3) is 0 Å². The molecule has 0 aliphatic carbocycles. The monoisotopic (exact) mass is 233 g/mol. The second-order valence-electron chi connectivity index (χ2n) is 4.73. The number of carbonyl (C=O) groups excluding carboxylic acids is 1. The molecule has 1 aliphatic heterocycles. The lowest BCUT2D eigenvalue weighted by molar-refractivity contribution is -0.120. The zero-order chi connectivity index (χ0) is 12.3. The highest BCUT2D eigenvalue weighted by Gasteiger charge is 2.24. The summed E-state index contributed by atoms with van der Waals surface area (Å²) >= 11 is 0. The van der Waals surface area contributed by atoms with Gasteiger partial charge < -0.3 is 10.6 Å². The predicted molar refractivity (Wildman–Crippen MR) is 67.8 cm³/mol. The molecule has 0 saturated carbocycles. The average Bonchev–Trinajstić information content (AvgIpc) is 2.29. The second-order valence-corrected chi connectivity index (χ2v) is 4.73. The van der Waals surface area contributed by atoms with Gasteiger partial charge in [-0.15, -0.1) is 0 Å². The molecule has 1 aromatic rings. The molecule has 1 fully saturated rings. The van der Waals surface area contributed by atoms with Crippen molar-refractivity contribution in [3.8, 4) is 0 Å². The molecule has 1 saturated heterocycles. The van der Waals surface area contributed by atoms with Gasteiger partial charge in [-0.25, -0.2) is 4.98 Å². The van der Waals surface area contributed by atoms with Gasteiger partial charge in [-0.1, -0.05) is 6.07 Å². The molecule has 2 N–H and O–H groups in total. The minimum absolute atomic E-state index is 0.0939. The minimum Gasteiger partial charge on any atom is -0.314 e. The van der Waals surface area contributed by atoms with Crippen LogP contribution in [-0.4, -0.2) is 23.5 Å². The molecule has 0 aromatic carbocycles. The van der Waals surface area contributed by atoms with Crippen molar-refractivity contribution >= 4 is 11.7 Å². The van der Waals surface area contributed by atoms with Gasteiger partial charge in [0.1, 0.15) is 5.82 Å². The van der Waals surface area contributed by atoms with Crippen LogP contribution < -0.4 is 10.6 Å². The van der Waals surface area contributed by atoms with Gasteiger partial charge in [0.15, 0.2) is 0 Å². The Labute approximate surface area is 102 Å². The van der Waals surface area contributed by atoms with Crippen LogP contribution in [0.4, 0.5) is 5.82 Å². The maximum absolute atomic E-state index is 12.0. The number of nitrogens with zero attached hydrogens (tertiary/aromatic N) is 1. The van der Waals surface area contributed by atoms with Gasteiger partial charge in [0.05, 0.1) is 0 Å². The maximum atomic E-state index is 12.0. The molecule has 1 amide bonds. The van der Waals surface area contributed by atoms with E-state index in [2.05, 4.69) is 22.5 Å². The lowest BCUT2D eigenvalue weighted by Crippen LogP contribution is -2.40. The molecule has 2 rings (SSSR count). The van der Waals surface area contributed by atoms with Gasteiger partial charge in [-0.05, 0) is 45.4 Å². The Kier molecular flexibility index (Phi) is 3.74. The predicted octanol–water partition coefficient (Wildman–Crippen LogP) is 1.72. The van der Waals surface area contributed by atoms with Crippen molar-refractivity contribution in [1.29, 1.82) is 0 Å². The van der Waals surface area contributed by atoms with Crippen molar-refractivity contribution in [2.45, 2.75) is 32.7 Å². The molecule has 17 heavy (non-hydrogen) atoms. The van der Waals surface area contributed by atoms with Crippen LogP contribution in [0, 0.1) is 12.8 Å². The van der Waals surface area contributed by atoms with Crippen LogP contribution in [0.3, 0.4) is 0 Å². The Morgan fingerprint density at radius 3 is 3.06 bits per heavy atom. The highest BCUT2D eigenvalue weighted by atomic mass is 16.1. The number of rotatable bonds is 2. The molecule has 0 radical (unpaired) electrons. The summed E-state index contributed by atoms with van der Waals surface area (Å²) in [6.07, 6.45) is 1.81. The highest BCUT2D eigenvalue weighted by Crippen LogP contribution is 2.18. The number of amides is 1. The fourth-order valence-corrected chi connectivity index (χ4v) is 2.21. The summed E-state index contributed by atoms with van der Waals surface area (Å²) in [5.41, 5.74) is 0.918. The number of pyridine rings is 1. The molecule has 0 bridgehead atoms. The van der Waals surface area contributed by atoms with Gasteiger partial charge in [-0.2, -0.15) is 0 Å². The summed E-state index contributed by atoms with van der Waals surface area (Å²) in [6, 6.07) is 6.07. The van der Waals surface area contributed by atoms with E-state index in [0.717, 1.165) is 25.1 Å². The zero-order valence-corrected chi connectivity index (χ0v) is 10.4. The first-order valence-electron chi connectivity index (χ1n) is 6.13. The fourth-order valence-electron chi connectivity index (χ4n) is 2.21. The number of hydrogen-bond donors (Lipinski definition) is 2. The van der Waals surface area contributed by atoms with E-state index >= 15 is 0 Å². The molecule has 2 unspecified atom stereocenters. The summed E-state index contributed by atoms with van der Waals surface area (Å²) in [7, 11) is 0. The molecule has 4 nitrogen and oxygen atoms in total. The third kappa shape index (κ3) is 3.27. The Morgan fingerprint density at radius 1 is 1.53 bits per heavy atom. The van der Waals surface area contributed by atoms with E-state index < -0.39 is 0 Å². The summed E-state index contributed by atoms with van der Waals surface area (Å²) in [5.74, 6) is 0.853. The lowest BCUT2D eigenvalue weighted by Gasteiger charge is -2.26. The summed E-state index contributed by atoms with van der Waals surface area (Å²) in [6.45, 7) is 4.95. The normalized spacial score (nSPS) is 24.4. The number of aromatic nitrogens is 1. The van der Waals surface area contributed by atoms with E-state index in [1.54, 1.807) is 0 Å². The van der Waals surface area contributed by atoms with E-state index in [1.807, 2.05) is 25.1 Å². The number of aryl methyl sites for hydroxylation is 1. The van der Waals surface area contributed by atoms with Crippen molar-refractivity contribution in [3.63, 3.8) is 0 Å². The van der Waals surface area contributed by atoms with Crippen molar-refractivity contribution in [2.24, 2.45) is 5.92 Å². The number of hydrogen-bond acceptors (Lipinski definition) is 3. The van der Waals surface area contributed by atoms with E-state index in [-0.39, 0.29) is 11.8 Å². The third-order valence-electron chi connectivity index (χ3n) is 3.13. The van der Waals surface area contributed by atoms with Gasteiger partial charge in [-0.3, -0.25) is 4.79 Å². The van der Waals surface area contributed by atoms with Crippen LogP contribution in [0.5, 0.6) is 0 Å². The topological polar surface area (TPSA) is 54.0 Å². The Morgan fingerprint density at radius 2 is 2.35 bits per heavy atom. The van der Waals surface area contributed by atoms with Gasteiger partial charge in [0.2, 0.25) is 5.91 Å². The summed E-state index contributed by atoms with van der Waals surface area (Å²) in [4.78, 5) is 16.3. The van der Waals surface area contributed by atoms with Gasteiger partial charge >= 0.3 is 0 Å². The van der Waals surface area contributed by atoms with Crippen LogP contribution >= 0.6 is 0 Å². The first-order valence-corrected chi connectivity index (χ1v) is 6.13. The zero-order valence-electron chi connectivity index (χ0n) is 10.4. The number of nitrogens with one attached hydrogen (secondary N) is 2. The molecule has 1 aromatic heterocycles. The molecule has 0 spiro atoms. The minimum atomic E-state index is 0.0939. The molecular formula is C13H19N3O. The largest absolute Gasteiger partial charge is 0.314 e. The highest BCUT2D eigenvalue weighted by molar-refractivity contribution is 5.91. The quantitative estimate of drug-likeness (QED) is 0.817. The number of carbonyl (C=O) groups is 1. The molecule has 92 valence electrons. The molecule has 4 heteroatoms. The van der Waals surface area contributed by atoms with E-state index in [0.29, 0.717) is 11.9 Å².